The maximum Gasteiger partial charge on any atom is 0.306 e. The number of allylic oxidation sites excluding steroid dienone is 12. The van der Waals surface area contributed by atoms with E-state index in [2.05, 4.69) is 93.7 Å². The molecule has 6 nitrogen and oxygen atoms in total. The van der Waals surface area contributed by atoms with Gasteiger partial charge in [0.15, 0.2) is 6.10 Å². The minimum atomic E-state index is -0.797. The summed E-state index contributed by atoms with van der Waals surface area (Å²) in [5.74, 6) is -0.930. The number of ether oxygens (including phenoxy) is 3. The van der Waals surface area contributed by atoms with Crippen LogP contribution in [0.15, 0.2) is 72.9 Å². The fourth-order valence-electron chi connectivity index (χ4n) is 7.93. The first kappa shape index (κ1) is 63.8. The van der Waals surface area contributed by atoms with E-state index in [0.717, 1.165) is 83.5 Å². The van der Waals surface area contributed by atoms with Crippen molar-refractivity contribution in [2.24, 2.45) is 0 Å². The third-order valence-electron chi connectivity index (χ3n) is 12.2. The maximum absolute atomic E-state index is 12.8. The molecule has 0 aliphatic rings. The summed E-state index contributed by atoms with van der Waals surface area (Å²) in [6.07, 6.45) is 70.4. The highest BCUT2D eigenvalue weighted by molar-refractivity contribution is 5.71. The van der Waals surface area contributed by atoms with Crippen LogP contribution in [0.25, 0.3) is 0 Å². The minimum absolute atomic E-state index is 0.0914. The topological polar surface area (TPSA) is 78.9 Å². The largest absolute Gasteiger partial charge is 0.462 e. The van der Waals surface area contributed by atoms with Gasteiger partial charge in [-0.1, -0.05) is 241 Å². The second-order valence-corrected chi connectivity index (χ2v) is 18.8. The van der Waals surface area contributed by atoms with Crippen molar-refractivity contribution < 1.29 is 28.6 Å². The van der Waals surface area contributed by atoms with E-state index in [1.807, 2.05) is 0 Å². The predicted molar refractivity (Wildman–Crippen MR) is 288 cm³/mol. The van der Waals surface area contributed by atoms with Crippen LogP contribution < -0.4 is 0 Å². The normalized spacial score (nSPS) is 12.6. The van der Waals surface area contributed by atoms with Gasteiger partial charge >= 0.3 is 17.9 Å². The molecule has 386 valence electrons. The van der Waals surface area contributed by atoms with E-state index in [0.29, 0.717) is 19.3 Å². The molecule has 0 amide bonds. The van der Waals surface area contributed by atoms with Gasteiger partial charge in [0.25, 0.3) is 0 Å². The number of rotatable bonds is 51. The fourth-order valence-corrected chi connectivity index (χ4v) is 7.93. The number of esters is 3. The van der Waals surface area contributed by atoms with Gasteiger partial charge in [-0.25, -0.2) is 0 Å². The van der Waals surface area contributed by atoms with Crippen LogP contribution in [-0.4, -0.2) is 37.2 Å². The first-order valence-corrected chi connectivity index (χ1v) is 28.4. The molecular formula is C61H106O6. The molecule has 0 radical (unpaired) electrons. The molecule has 1 unspecified atom stereocenters. The van der Waals surface area contributed by atoms with Crippen molar-refractivity contribution in [2.75, 3.05) is 13.2 Å². The van der Waals surface area contributed by atoms with Gasteiger partial charge in [-0.3, -0.25) is 14.4 Å². The molecule has 1 atom stereocenters. The van der Waals surface area contributed by atoms with Gasteiger partial charge in [0.1, 0.15) is 13.2 Å². The Morgan fingerprint density at radius 2 is 0.582 bits per heavy atom. The van der Waals surface area contributed by atoms with Crippen molar-refractivity contribution in [1.82, 2.24) is 0 Å². The number of carbonyl (C=O) groups excluding carboxylic acids is 3. The van der Waals surface area contributed by atoms with E-state index >= 15 is 0 Å². The Balaban J connectivity index is 4.38. The van der Waals surface area contributed by atoms with Crippen LogP contribution >= 0.6 is 0 Å². The van der Waals surface area contributed by atoms with E-state index in [1.165, 1.54) is 148 Å². The van der Waals surface area contributed by atoms with Crippen molar-refractivity contribution in [3.63, 3.8) is 0 Å². The molecule has 6 heteroatoms. The number of carbonyl (C=O) groups is 3. The van der Waals surface area contributed by atoms with Gasteiger partial charge in [0, 0.05) is 19.3 Å². The summed E-state index contributed by atoms with van der Waals surface area (Å²) >= 11 is 0. The quantitative estimate of drug-likeness (QED) is 0.0262. The fraction of sp³-hybridized carbons (Fsp3) is 0.754. The molecule has 0 heterocycles. The van der Waals surface area contributed by atoms with Crippen LogP contribution in [0, 0.1) is 0 Å². The zero-order valence-electron chi connectivity index (χ0n) is 44.2. The molecule has 0 saturated carbocycles. The summed E-state index contributed by atoms with van der Waals surface area (Å²) in [7, 11) is 0. The molecule has 67 heavy (non-hydrogen) atoms. The van der Waals surface area contributed by atoms with Crippen LogP contribution in [0.3, 0.4) is 0 Å². The SMILES string of the molecule is CC/C=C\C/C=C\C/C=C\C/C=C\CCCCC(=O)OC(COC(=O)CCCCCCCCCCC/C=C\C/C=C\CCCCCCC)COC(=O)CCCCCCCCCCCCCCC. The number of unbranched alkanes of at least 4 members (excludes halogenated alkanes) is 28. The average Bonchev–Trinajstić information content (AvgIpc) is 3.33. The first-order chi connectivity index (χ1) is 33.0. The van der Waals surface area contributed by atoms with Gasteiger partial charge in [0.05, 0.1) is 0 Å². The molecule has 0 aliphatic carbocycles. The van der Waals surface area contributed by atoms with E-state index in [1.54, 1.807) is 0 Å². The van der Waals surface area contributed by atoms with Crippen molar-refractivity contribution >= 4 is 17.9 Å². The average molecular weight is 936 g/mol. The van der Waals surface area contributed by atoms with Crippen LogP contribution in [-0.2, 0) is 28.6 Å². The summed E-state index contributed by atoms with van der Waals surface area (Å²) < 4.78 is 16.8. The summed E-state index contributed by atoms with van der Waals surface area (Å²) in [6.45, 7) is 6.49. The van der Waals surface area contributed by atoms with Gasteiger partial charge in [0.2, 0.25) is 0 Å². The maximum atomic E-state index is 12.8. The van der Waals surface area contributed by atoms with Crippen molar-refractivity contribution in [3.05, 3.63) is 72.9 Å². The zero-order valence-corrected chi connectivity index (χ0v) is 44.2. The van der Waals surface area contributed by atoms with Gasteiger partial charge in [-0.05, 0) is 89.9 Å². The Morgan fingerprint density at radius 1 is 0.313 bits per heavy atom. The molecule has 0 bridgehead atoms. The second-order valence-electron chi connectivity index (χ2n) is 18.8. The molecule has 0 N–H and O–H groups in total. The first-order valence-electron chi connectivity index (χ1n) is 28.4. The summed E-state index contributed by atoms with van der Waals surface area (Å²) in [4.78, 5) is 38.1. The standard InChI is InChI=1S/C61H106O6/c1-4-7-10-13-16-19-22-25-27-28-29-30-31-32-34-36-39-42-45-48-51-54-60(63)66-57-58(56-65-59(62)53-50-47-44-41-38-35-24-21-18-15-12-9-6-3)67-61(64)55-52-49-46-43-40-37-33-26-23-20-17-14-11-8-5-2/h8,11,17,20,22,25-26,28-29,33,40,43,58H,4-7,9-10,12-16,18-19,21,23-24,27,30-32,34-39,41-42,44-57H2,1-3H3/b11-8-,20-17-,25-22-,29-28-,33-26-,43-40-. The number of hydrogen-bond acceptors (Lipinski definition) is 6. The molecule has 0 aromatic heterocycles. The highest BCUT2D eigenvalue weighted by atomic mass is 16.6. The summed E-state index contributed by atoms with van der Waals surface area (Å²) in [5.41, 5.74) is 0. The highest BCUT2D eigenvalue weighted by Gasteiger charge is 2.19. The predicted octanol–water partition coefficient (Wildman–Crippen LogP) is 19.0. The molecule has 0 spiro atoms. The van der Waals surface area contributed by atoms with Crippen LogP contribution in [0.5, 0.6) is 0 Å². The number of hydrogen-bond donors (Lipinski definition) is 0. The minimum Gasteiger partial charge on any atom is -0.462 e. The van der Waals surface area contributed by atoms with Crippen LogP contribution in [0.2, 0.25) is 0 Å². The lowest BCUT2D eigenvalue weighted by Crippen LogP contribution is -2.30. The van der Waals surface area contributed by atoms with Gasteiger partial charge in [-0.2, -0.15) is 0 Å². The lowest BCUT2D eigenvalue weighted by molar-refractivity contribution is -0.167. The van der Waals surface area contributed by atoms with E-state index in [-0.39, 0.29) is 37.5 Å². The molecule has 0 saturated heterocycles. The highest BCUT2D eigenvalue weighted by Crippen LogP contribution is 2.15. The Kier molecular flexibility index (Phi) is 52.8. The third kappa shape index (κ3) is 53.7. The molecule has 0 aromatic rings. The van der Waals surface area contributed by atoms with Gasteiger partial charge in [-0.15, -0.1) is 0 Å². The lowest BCUT2D eigenvalue weighted by atomic mass is 10.0. The lowest BCUT2D eigenvalue weighted by Gasteiger charge is -2.18. The summed E-state index contributed by atoms with van der Waals surface area (Å²) in [5, 5.41) is 0. The third-order valence-corrected chi connectivity index (χ3v) is 12.2. The van der Waals surface area contributed by atoms with Crippen LogP contribution in [0.4, 0.5) is 0 Å². The van der Waals surface area contributed by atoms with E-state index in [4.69, 9.17) is 14.2 Å². The van der Waals surface area contributed by atoms with E-state index < -0.39 is 6.10 Å². The molecule has 0 fully saturated rings. The Labute approximate surface area is 414 Å². The van der Waals surface area contributed by atoms with Crippen molar-refractivity contribution in [3.8, 4) is 0 Å². The zero-order chi connectivity index (χ0) is 48.6. The molecule has 0 aliphatic heterocycles. The molecule has 0 rings (SSSR count). The Hall–Kier alpha value is -3.15. The monoisotopic (exact) mass is 935 g/mol. The van der Waals surface area contributed by atoms with Crippen LogP contribution in [0.1, 0.15) is 278 Å². The molecular weight excluding hydrogens is 829 g/mol. The van der Waals surface area contributed by atoms with Gasteiger partial charge < -0.3 is 14.2 Å². The van der Waals surface area contributed by atoms with Crippen molar-refractivity contribution in [1.29, 1.82) is 0 Å². The Morgan fingerprint density at radius 3 is 0.940 bits per heavy atom. The smallest absolute Gasteiger partial charge is 0.306 e. The van der Waals surface area contributed by atoms with Crippen molar-refractivity contribution in [2.45, 2.75) is 284 Å². The summed E-state index contributed by atoms with van der Waals surface area (Å²) in [6, 6.07) is 0. The molecule has 0 aromatic carbocycles. The second kappa shape index (κ2) is 55.4. The van der Waals surface area contributed by atoms with E-state index in [9.17, 15) is 14.4 Å². The Bertz CT molecular complexity index is 1260.